The highest BCUT2D eigenvalue weighted by molar-refractivity contribution is 7.17. The van der Waals surface area contributed by atoms with Crippen molar-refractivity contribution >= 4 is 27.5 Å². The van der Waals surface area contributed by atoms with Crippen molar-refractivity contribution in [3.8, 4) is 11.1 Å². The molecule has 5 nitrogen and oxygen atoms in total. The Morgan fingerprint density at radius 1 is 1.25 bits per heavy atom. The van der Waals surface area contributed by atoms with Gasteiger partial charge < -0.3 is 5.32 Å². The fourth-order valence-corrected chi connectivity index (χ4v) is 4.18. The molecule has 1 amide bonds. The SMILES string of the molecule is CCCCCC(C)NC(=O)Cn1cnc2scc(-c3ccc(C)cc3)c2c1=O. The molecule has 2 heterocycles. The van der Waals surface area contributed by atoms with Gasteiger partial charge in [0.2, 0.25) is 5.91 Å². The maximum atomic E-state index is 13.0. The predicted octanol–water partition coefficient (Wildman–Crippen LogP) is 4.52. The number of thiophene rings is 1. The van der Waals surface area contributed by atoms with Gasteiger partial charge in [-0.2, -0.15) is 0 Å². The number of benzene rings is 1. The summed E-state index contributed by atoms with van der Waals surface area (Å²) in [6, 6.07) is 8.19. The van der Waals surface area contributed by atoms with Crippen LogP contribution in [-0.4, -0.2) is 21.5 Å². The average Bonchev–Trinajstić information content (AvgIpc) is 3.10. The number of carbonyl (C=O) groups excluding carboxylic acids is 1. The van der Waals surface area contributed by atoms with Crippen LogP contribution in [0.3, 0.4) is 0 Å². The van der Waals surface area contributed by atoms with E-state index in [-0.39, 0.29) is 24.1 Å². The van der Waals surface area contributed by atoms with E-state index in [1.807, 2.05) is 43.5 Å². The molecular formula is C22H27N3O2S. The zero-order chi connectivity index (χ0) is 20.1. The minimum atomic E-state index is -0.171. The second-order valence-corrected chi connectivity index (χ2v) is 8.20. The number of aryl methyl sites for hydroxylation is 1. The topological polar surface area (TPSA) is 64.0 Å². The molecule has 1 aromatic carbocycles. The molecule has 0 aliphatic rings. The summed E-state index contributed by atoms with van der Waals surface area (Å²) in [5.41, 5.74) is 2.86. The number of hydrogen-bond acceptors (Lipinski definition) is 4. The third-order valence-electron chi connectivity index (χ3n) is 4.89. The molecule has 148 valence electrons. The molecule has 3 rings (SSSR count). The van der Waals surface area contributed by atoms with Crippen LogP contribution in [0.1, 0.15) is 45.1 Å². The molecule has 1 unspecified atom stereocenters. The van der Waals surface area contributed by atoms with Crippen LogP contribution in [0.25, 0.3) is 21.3 Å². The molecule has 0 aliphatic carbocycles. The number of unbranched alkanes of at least 4 members (excludes halogenated alkanes) is 2. The van der Waals surface area contributed by atoms with E-state index >= 15 is 0 Å². The highest BCUT2D eigenvalue weighted by Crippen LogP contribution is 2.30. The molecule has 0 saturated heterocycles. The van der Waals surface area contributed by atoms with Gasteiger partial charge in [-0.15, -0.1) is 11.3 Å². The smallest absolute Gasteiger partial charge is 0.263 e. The molecule has 0 bridgehead atoms. The van der Waals surface area contributed by atoms with Crippen LogP contribution in [0, 0.1) is 6.92 Å². The first-order valence-corrected chi connectivity index (χ1v) is 10.7. The molecule has 0 saturated carbocycles. The van der Waals surface area contributed by atoms with Gasteiger partial charge in [-0.1, -0.05) is 56.0 Å². The van der Waals surface area contributed by atoms with Crippen LogP contribution in [0.5, 0.6) is 0 Å². The molecule has 6 heteroatoms. The number of carbonyl (C=O) groups is 1. The Hall–Kier alpha value is -2.47. The first kappa shape index (κ1) is 20.3. The fourth-order valence-electron chi connectivity index (χ4n) is 3.27. The lowest BCUT2D eigenvalue weighted by Crippen LogP contribution is -2.37. The highest BCUT2D eigenvalue weighted by Gasteiger charge is 2.15. The highest BCUT2D eigenvalue weighted by atomic mass is 32.1. The Morgan fingerprint density at radius 3 is 2.71 bits per heavy atom. The summed E-state index contributed by atoms with van der Waals surface area (Å²) in [7, 11) is 0. The van der Waals surface area contributed by atoms with E-state index in [1.165, 1.54) is 34.2 Å². The van der Waals surface area contributed by atoms with Crippen molar-refractivity contribution < 1.29 is 4.79 Å². The van der Waals surface area contributed by atoms with Gasteiger partial charge in [-0.05, 0) is 25.8 Å². The van der Waals surface area contributed by atoms with Crippen molar-refractivity contribution in [1.29, 1.82) is 0 Å². The lowest BCUT2D eigenvalue weighted by Gasteiger charge is -2.14. The number of amides is 1. The van der Waals surface area contributed by atoms with Crippen LogP contribution >= 0.6 is 11.3 Å². The van der Waals surface area contributed by atoms with Crippen molar-refractivity contribution in [2.45, 2.75) is 59.0 Å². The van der Waals surface area contributed by atoms with E-state index in [2.05, 4.69) is 17.2 Å². The average molecular weight is 398 g/mol. The van der Waals surface area contributed by atoms with Gasteiger partial charge in [0.1, 0.15) is 11.4 Å². The van der Waals surface area contributed by atoms with E-state index in [9.17, 15) is 9.59 Å². The zero-order valence-electron chi connectivity index (χ0n) is 16.7. The minimum Gasteiger partial charge on any atom is -0.352 e. The summed E-state index contributed by atoms with van der Waals surface area (Å²) < 4.78 is 1.40. The summed E-state index contributed by atoms with van der Waals surface area (Å²) in [5.74, 6) is -0.153. The largest absolute Gasteiger partial charge is 0.352 e. The van der Waals surface area contributed by atoms with Crippen molar-refractivity contribution in [3.05, 3.63) is 51.9 Å². The maximum absolute atomic E-state index is 13.0. The van der Waals surface area contributed by atoms with Gasteiger partial charge >= 0.3 is 0 Å². The van der Waals surface area contributed by atoms with Gasteiger partial charge in [-0.25, -0.2) is 4.98 Å². The number of nitrogens with one attached hydrogen (secondary N) is 1. The first-order chi connectivity index (χ1) is 13.5. The lowest BCUT2D eigenvalue weighted by atomic mass is 10.1. The molecule has 3 aromatic rings. The summed E-state index contributed by atoms with van der Waals surface area (Å²) >= 11 is 1.45. The minimum absolute atomic E-state index is 0.0108. The van der Waals surface area contributed by atoms with Gasteiger partial charge in [-0.3, -0.25) is 14.2 Å². The Balaban J connectivity index is 1.80. The fraction of sp³-hybridized carbons (Fsp3) is 0.409. The van der Waals surface area contributed by atoms with Crippen LogP contribution in [0.2, 0.25) is 0 Å². The Morgan fingerprint density at radius 2 is 2.00 bits per heavy atom. The van der Waals surface area contributed by atoms with Crippen molar-refractivity contribution in [1.82, 2.24) is 14.9 Å². The molecule has 0 aliphatic heterocycles. The second kappa shape index (κ2) is 9.15. The molecule has 28 heavy (non-hydrogen) atoms. The van der Waals surface area contributed by atoms with Crippen molar-refractivity contribution in [2.75, 3.05) is 0 Å². The standard InChI is InChI=1S/C22H27N3O2S/c1-4-5-6-7-16(3)24-19(26)12-25-14-23-21-20(22(25)27)18(13-28-21)17-10-8-15(2)9-11-17/h8-11,13-14,16H,4-7,12H2,1-3H3,(H,24,26). The lowest BCUT2D eigenvalue weighted by molar-refractivity contribution is -0.122. The van der Waals surface area contributed by atoms with Crippen LogP contribution < -0.4 is 10.9 Å². The maximum Gasteiger partial charge on any atom is 0.263 e. The number of fused-ring (bicyclic) bond motifs is 1. The summed E-state index contributed by atoms with van der Waals surface area (Å²) in [5, 5.41) is 5.53. The predicted molar refractivity (Wildman–Crippen MR) is 116 cm³/mol. The molecular weight excluding hydrogens is 370 g/mol. The molecule has 0 radical (unpaired) electrons. The van der Waals surface area contributed by atoms with Crippen LogP contribution in [0.4, 0.5) is 0 Å². The monoisotopic (exact) mass is 397 g/mol. The molecule has 0 spiro atoms. The van der Waals surface area contributed by atoms with E-state index in [1.54, 1.807) is 0 Å². The third-order valence-corrected chi connectivity index (χ3v) is 5.77. The van der Waals surface area contributed by atoms with Crippen LogP contribution in [0.15, 0.2) is 40.8 Å². The normalized spacial score (nSPS) is 12.2. The van der Waals surface area contributed by atoms with Gasteiger partial charge in [0, 0.05) is 17.0 Å². The third kappa shape index (κ3) is 4.68. The second-order valence-electron chi connectivity index (χ2n) is 7.34. The summed E-state index contributed by atoms with van der Waals surface area (Å²) in [4.78, 5) is 30.5. The number of hydrogen-bond donors (Lipinski definition) is 1. The zero-order valence-corrected chi connectivity index (χ0v) is 17.5. The molecule has 1 N–H and O–H groups in total. The summed E-state index contributed by atoms with van der Waals surface area (Å²) in [6.07, 6.45) is 5.85. The Kier molecular flexibility index (Phi) is 6.62. The Bertz CT molecular complexity index is 1000. The van der Waals surface area contributed by atoms with Crippen molar-refractivity contribution in [3.63, 3.8) is 0 Å². The quantitative estimate of drug-likeness (QED) is 0.569. The van der Waals surface area contributed by atoms with E-state index in [0.29, 0.717) is 10.2 Å². The van der Waals surface area contributed by atoms with Gasteiger partial charge in [0.25, 0.3) is 5.56 Å². The van der Waals surface area contributed by atoms with E-state index < -0.39 is 0 Å². The van der Waals surface area contributed by atoms with E-state index in [0.717, 1.165) is 30.4 Å². The first-order valence-electron chi connectivity index (χ1n) is 9.82. The summed E-state index contributed by atoms with van der Waals surface area (Å²) in [6.45, 7) is 6.19. The van der Waals surface area contributed by atoms with Gasteiger partial charge in [0.05, 0.1) is 11.7 Å². The van der Waals surface area contributed by atoms with Gasteiger partial charge in [0.15, 0.2) is 0 Å². The van der Waals surface area contributed by atoms with E-state index in [4.69, 9.17) is 0 Å². The molecule has 1 atom stereocenters. The number of nitrogens with zero attached hydrogens (tertiary/aromatic N) is 2. The molecule has 0 fully saturated rings. The van der Waals surface area contributed by atoms with Crippen molar-refractivity contribution in [2.24, 2.45) is 0 Å². The number of rotatable bonds is 8. The molecule has 2 aromatic heterocycles. The Labute approximate surface area is 169 Å². The number of aromatic nitrogens is 2. The van der Waals surface area contributed by atoms with Crippen LogP contribution in [-0.2, 0) is 11.3 Å².